The van der Waals surface area contributed by atoms with E-state index in [1.165, 1.54) is 0 Å². The highest BCUT2D eigenvalue weighted by atomic mass is 28.4. The van der Waals surface area contributed by atoms with E-state index in [0.29, 0.717) is 177 Å². The number of hydrogen-bond donors (Lipinski definition) is 2. The fourth-order valence-electron chi connectivity index (χ4n) is 6.01. The number of rotatable bonds is 42. The normalized spacial score (nSPS) is 15.5. The van der Waals surface area contributed by atoms with Crippen LogP contribution in [-0.2, 0) is 70.9 Å². The molecule has 21 heteroatoms. The van der Waals surface area contributed by atoms with Crippen molar-refractivity contribution < 1.29 is 80.4 Å². The molecule has 2 aliphatic rings. The molecule has 2 aliphatic heterocycles. The molecule has 1 aromatic carbocycles. The summed E-state index contributed by atoms with van der Waals surface area (Å²) in [5, 5.41) is 5.54. The number of nitrogens with one attached hydrogen (secondary N) is 2. The molecule has 0 bridgehead atoms. The zero-order chi connectivity index (χ0) is 47.7. The molecule has 0 aliphatic carbocycles. The van der Waals surface area contributed by atoms with Gasteiger partial charge in [0.15, 0.2) is 8.32 Å². The lowest BCUT2D eigenvalue weighted by atomic mass is 10.0. The van der Waals surface area contributed by atoms with Crippen LogP contribution in [0.5, 0.6) is 0 Å². The number of carbonyl (C=O) groups excluding carboxylic acids is 4. The molecule has 66 heavy (non-hydrogen) atoms. The Morgan fingerprint density at radius 2 is 0.909 bits per heavy atom. The van der Waals surface area contributed by atoms with Gasteiger partial charge in [0.25, 0.3) is 11.8 Å². The third-order valence-electron chi connectivity index (χ3n) is 10.6. The van der Waals surface area contributed by atoms with Gasteiger partial charge in [0.1, 0.15) is 6.04 Å². The van der Waals surface area contributed by atoms with Crippen LogP contribution in [-0.4, -0.2) is 215 Å². The molecule has 378 valence electrons. The van der Waals surface area contributed by atoms with Crippen LogP contribution in [0.4, 0.5) is 5.69 Å². The van der Waals surface area contributed by atoms with Gasteiger partial charge < -0.3 is 66.6 Å². The smallest absolute Gasteiger partial charge is 0.264 e. The van der Waals surface area contributed by atoms with Crippen molar-refractivity contribution in [1.29, 1.82) is 0 Å². The van der Waals surface area contributed by atoms with Crippen molar-refractivity contribution in [3.05, 3.63) is 29.3 Å². The summed E-state index contributed by atoms with van der Waals surface area (Å²) in [5.41, 5.74) is 0.902. The Morgan fingerprint density at radius 3 is 1.27 bits per heavy atom. The van der Waals surface area contributed by atoms with E-state index in [1.807, 2.05) is 0 Å². The summed E-state index contributed by atoms with van der Waals surface area (Å²) < 4.78 is 72.5. The highest BCUT2D eigenvalue weighted by Crippen LogP contribution is 2.36. The first-order chi connectivity index (χ1) is 31.9. The number of benzene rings is 1. The summed E-state index contributed by atoms with van der Waals surface area (Å²) in [6.07, 6.45) is 0.165. The molecule has 0 saturated carbocycles. The maximum absolute atomic E-state index is 13.2. The van der Waals surface area contributed by atoms with Crippen LogP contribution in [0.25, 0.3) is 0 Å². The fraction of sp³-hybridized carbons (Fsp3) is 0.778. The first-order valence-corrected chi connectivity index (χ1v) is 26.0. The molecule has 2 heterocycles. The van der Waals surface area contributed by atoms with Crippen LogP contribution in [0.1, 0.15) is 54.3 Å². The van der Waals surface area contributed by atoms with Crippen LogP contribution in [0.3, 0.4) is 0 Å². The number of fused-ring (bicyclic) bond motifs is 1. The Balaban J connectivity index is 0.956. The Kier molecular flexibility index (Phi) is 29.8. The van der Waals surface area contributed by atoms with Crippen LogP contribution in [0.15, 0.2) is 18.2 Å². The van der Waals surface area contributed by atoms with Crippen molar-refractivity contribution in [2.45, 2.75) is 57.8 Å². The van der Waals surface area contributed by atoms with Gasteiger partial charge in [-0.25, -0.2) is 0 Å². The van der Waals surface area contributed by atoms with Crippen LogP contribution in [0.2, 0.25) is 18.1 Å². The van der Waals surface area contributed by atoms with E-state index in [9.17, 15) is 19.2 Å². The maximum atomic E-state index is 13.2. The van der Waals surface area contributed by atoms with Gasteiger partial charge in [-0.05, 0) is 36.7 Å². The number of amides is 4. The van der Waals surface area contributed by atoms with Gasteiger partial charge in [0.05, 0.1) is 176 Å². The van der Waals surface area contributed by atoms with Crippen LogP contribution in [0, 0.1) is 0 Å². The second-order valence-electron chi connectivity index (χ2n) is 16.6. The number of carbonyl (C=O) groups is 4. The molecule has 2 N–H and O–H groups in total. The van der Waals surface area contributed by atoms with Gasteiger partial charge in [0, 0.05) is 18.7 Å². The summed E-state index contributed by atoms with van der Waals surface area (Å²) in [6, 6.07) is 3.90. The summed E-state index contributed by atoms with van der Waals surface area (Å²) >= 11 is 0. The lowest BCUT2D eigenvalue weighted by Gasteiger charge is -2.36. The molecule has 1 atom stereocenters. The summed E-state index contributed by atoms with van der Waals surface area (Å²) in [7, 11) is -1.72. The first-order valence-electron chi connectivity index (χ1n) is 23.1. The molecule has 0 radical (unpaired) electrons. The second-order valence-corrected chi connectivity index (χ2v) is 21.4. The molecular weight excluding hydrogens is 883 g/mol. The number of imide groups is 2. The monoisotopic (exact) mass is 960 g/mol. The van der Waals surface area contributed by atoms with Crippen LogP contribution >= 0.6 is 0 Å². The van der Waals surface area contributed by atoms with Crippen molar-refractivity contribution in [2.24, 2.45) is 0 Å². The van der Waals surface area contributed by atoms with E-state index in [0.717, 1.165) is 4.90 Å². The third-order valence-corrected chi connectivity index (χ3v) is 15.2. The lowest BCUT2D eigenvalue weighted by molar-refractivity contribution is -0.136. The third kappa shape index (κ3) is 23.3. The largest absolute Gasteiger partial charge is 0.414 e. The van der Waals surface area contributed by atoms with Gasteiger partial charge in [-0.15, -0.1) is 0 Å². The Hall–Kier alpha value is -3.00. The fourth-order valence-corrected chi connectivity index (χ4v) is 7.04. The maximum Gasteiger partial charge on any atom is 0.264 e. The zero-order valence-electron chi connectivity index (χ0n) is 40.0. The Bertz CT molecular complexity index is 1520. The molecule has 0 aromatic heterocycles. The van der Waals surface area contributed by atoms with E-state index in [1.54, 1.807) is 18.2 Å². The van der Waals surface area contributed by atoms with E-state index >= 15 is 0 Å². The van der Waals surface area contributed by atoms with Crippen molar-refractivity contribution in [2.75, 3.05) is 177 Å². The molecule has 3 rings (SSSR count). The van der Waals surface area contributed by atoms with Crippen molar-refractivity contribution in [3.8, 4) is 0 Å². The molecular formula is C45H77N3O17Si. The minimum atomic E-state index is -1.72. The summed E-state index contributed by atoms with van der Waals surface area (Å²) in [6.45, 7) is 23.4. The standard InChI is InChI=1S/C45H77N3O17Si/c1-45(2,3)66(4,5)65-36-35-64-34-33-63-32-31-62-30-29-61-28-27-60-26-25-59-24-23-58-22-21-57-20-19-56-18-17-55-16-15-54-14-13-53-12-11-46-38-8-6-7-37-41(38)44(52)48(43(37)51)39-9-10-40(49)47-42(39)50/h6-8,39,46H,9-36H2,1-5H3,(H,47,49,50). The topological polar surface area (TPSA) is 216 Å². The van der Waals surface area contributed by atoms with E-state index in [4.69, 9.17) is 61.3 Å². The minimum absolute atomic E-state index is 0.0635. The molecule has 20 nitrogen and oxygen atoms in total. The van der Waals surface area contributed by atoms with E-state index in [2.05, 4.69) is 44.5 Å². The SMILES string of the molecule is CC(C)(C)[Si](C)(C)OCCOCCOCCOCCOCCOCCOCCOCCOCCOCCOCCOCCOCCNc1cccc2c1C(=O)N(C1CCC(=O)NC1=O)C2=O. The number of anilines is 1. The average Bonchev–Trinajstić information content (AvgIpc) is 3.53. The van der Waals surface area contributed by atoms with E-state index < -0.39 is 38.0 Å². The molecule has 1 aromatic rings. The quantitative estimate of drug-likeness (QED) is 0.0547. The summed E-state index contributed by atoms with van der Waals surface area (Å²) in [4.78, 5) is 51.0. The molecule has 0 spiro atoms. The highest BCUT2D eigenvalue weighted by Gasteiger charge is 2.45. The Labute approximate surface area is 391 Å². The highest BCUT2D eigenvalue weighted by molar-refractivity contribution is 6.74. The van der Waals surface area contributed by atoms with Crippen molar-refractivity contribution in [3.63, 3.8) is 0 Å². The second kappa shape index (κ2) is 34.3. The number of ether oxygens (including phenoxy) is 12. The molecule has 1 saturated heterocycles. The minimum Gasteiger partial charge on any atom is -0.414 e. The van der Waals surface area contributed by atoms with Gasteiger partial charge in [-0.2, -0.15) is 0 Å². The lowest BCUT2D eigenvalue weighted by Crippen LogP contribution is -2.54. The summed E-state index contributed by atoms with van der Waals surface area (Å²) in [5.74, 6) is -2.17. The molecule has 4 amide bonds. The molecule has 1 fully saturated rings. The van der Waals surface area contributed by atoms with Crippen molar-refractivity contribution in [1.82, 2.24) is 10.2 Å². The van der Waals surface area contributed by atoms with Crippen LogP contribution < -0.4 is 10.6 Å². The number of hydrogen-bond acceptors (Lipinski definition) is 18. The van der Waals surface area contributed by atoms with Gasteiger partial charge >= 0.3 is 0 Å². The predicted molar refractivity (Wildman–Crippen MR) is 245 cm³/mol. The predicted octanol–water partition coefficient (Wildman–Crippen LogP) is 2.72. The average molecular weight is 960 g/mol. The van der Waals surface area contributed by atoms with Gasteiger partial charge in [-0.1, -0.05) is 26.8 Å². The Morgan fingerprint density at radius 1 is 0.545 bits per heavy atom. The molecule has 1 unspecified atom stereocenters. The van der Waals surface area contributed by atoms with Crippen molar-refractivity contribution >= 4 is 37.6 Å². The van der Waals surface area contributed by atoms with E-state index in [-0.39, 0.29) is 29.0 Å². The number of piperidine rings is 1. The van der Waals surface area contributed by atoms with Gasteiger partial charge in [-0.3, -0.25) is 29.4 Å². The van der Waals surface area contributed by atoms with Gasteiger partial charge in [0.2, 0.25) is 11.8 Å². The number of nitrogens with zero attached hydrogens (tertiary/aromatic N) is 1. The first kappa shape index (κ1) is 57.3. The zero-order valence-corrected chi connectivity index (χ0v) is 41.0.